The van der Waals surface area contributed by atoms with Crippen molar-refractivity contribution in [1.82, 2.24) is 10.2 Å². The molecule has 1 heterocycles. The number of piperazine rings is 1. The molecule has 110 valence electrons. The molecule has 1 aromatic carbocycles. The van der Waals surface area contributed by atoms with Crippen molar-refractivity contribution in [2.24, 2.45) is 0 Å². The lowest BCUT2D eigenvalue weighted by Crippen LogP contribution is -2.51. The summed E-state index contributed by atoms with van der Waals surface area (Å²) in [6.45, 7) is 1.03. The molecular weight excluding hydrogens is 270 g/mol. The largest absolute Gasteiger partial charge is 0.378 e. The Morgan fingerprint density at radius 1 is 1.24 bits per heavy atom. The third kappa shape index (κ3) is 3.28. The van der Waals surface area contributed by atoms with Gasteiger partial charge < -0.3 is 10.2 Å². The Bertz CT molecular complexity index is 618. The van der Waals surface area contributed by atoms with Gasteiger partial charge in [0.1, 0.15) is 12.2 Å². The second-order valence-electron chi connectivity index (χ2n) is 5.00. The second kappa shape index (κ2) is 5.78. The summed E-state index contributed by atoms with van der Waals surface area (Å²) in [4.78, 5) is 37.9. The molecule has 2 rings (SSSR count). The number of nitrogens with one attached hydrogen (secondary N) is 1. The van der Waals surface area contributed by atoms with Gasteiger partial charge in [-0.2, -0.15) is 0 Å². The molecule has 1 fully saturated rings. The molecule has 1 saturated heterocycles. The van der Waals surface area contributed by atoms with Gasteiger partial charge in [0, 0.05) is 26.7 Å². The Labute approximate surface area is 123 Å². The summed E-state index contributed by atoms with van der Waals surface area (Å²) in [7, 11) is 3.87. The molecule has 1 aliphatic heterocycles. The van der Waals surface area contributed by atoms with E-state index in [4.69, 9.17) is 0 Å². The van der Waals surface area contributed by atoms with Crippen LogP contribution in [0.25, 0.3) is 6.08 Å². The highest BCUT2D eigenvalue weighted by molar-refractivity contribution is 6.12. The molecule has 1 aliphatic rings. The monoisotopic (exact) mass is 287 g/mol. The minimum absolute atomic E-state index is 0.110. The first-order valence-electron chi connectivity index (χ1n) is 6.50. The molecule has 3 amide bonds. The van der Waals surface area contributed by atoms with E-state index in [0.717, 1.165) is 16.2 Å². The predicted molar refractivity (Wildman–Crippen MR) is 79.3 cm³/mol. The van der Waals surface area contributed by atoms with Crippen LogP contribution in [-0.4, -0.2) is 43.3 Å². The standard InChI is InChI=1S/C15H17N3O3/c1-10(19)18-9-14(20)16-13(15(18)21)8-11-4-6-12(7-5-11)17(2)3/h4-8H,9H2,1-3H3,(H,16,20)/b13-8+. The van der Waals surface area contributed by atoms with E-state index < -0.39 is 11.8 Å². The molecule has 0 spiro atoms. The van der Waals surface area contributed by atoms with E-state index >= 15 is 0 Å². The summed E-state index contributed by atoms with van der Waals surface area (Å²) in [6.07, 6.45) is 1.56. The average Bonchev–Trinajstić information content (AvgIpc) is 2.42. The van der Waals surface area contributed by atoms with Crippen molar-refractivity contribution >= 4 is 29.5 Å². The number of amides is 3. The van der Waals surface area contributed by atoms with Crippen molar-refractivity contribution in [3.8, 4) is 0 Å². The third-order valence-corrected chi connectivity index (χ3v) is 3.15. The van der Waals surface area contributed by atoms with Gasteiger partial charge in [0.05, 0.1) is 0 Å². The number of rotatable bonds is 2. The normalized spacial score (nSPS) is 16.9. The van der Waals surface area contributed by atoms with Crippen LogP contribution in [0, 0.1) is 0 Å². The molecule has 1 aromatic rings. The highest BCUT2D eigenvalue weighted by atomic mass is 16.2. The van der Waals surface area contributed by atoms with Gasteiger partial charge in [-0.3, -0.25) is 19.3 Å². The maximum absolute atomic E-state index is 12.1. The molecular formula is C15H17N3O3. The second-order valence-corrected chi connectivity index (χ2v) is 5.00. The number of carbonyl (C=O) groups excluding carboxylic acids is 3. The molecule has 6 heteroatoms. The van der Waals surface area contributed by atoms with Crippen LogP contribution in [0.15, 0.2) is 30.0 Å². The van der Waals surface area contributed by atoms with Crippen LogP contribution in [0.5, 0.6) is 0 Å². The first kappa shape index (κ1) is 14.8. The van der Waals surface area contributed by atoms with Crippen LogP contribution >= 0.6 is 0 Å². The number of imide groups is 1. The van der Waals surface area contributed by atoms with Gasteiger partial charge in [-0.1, -0.05) is 12.1 Å². The number of hydrogen-bond acceptors (Lipinski definition) is 4. The van der Waals surface area contributed by atoms with Gasteiger partial charge in [0.15, 0.2) is 0 Å². The molecule has 0 unspecified atom stereocenters. The Balaban J connectivity index is 2.28. The number of carbonyl (C=O) groups is 3. The average molecular weight is 287 g/mol. The molecule has 1 N–H and O–H groups in total. The highest BCUT2D eigenvalue weighted by Gasteiger charge is 2.30. The SMILES string of the molecule is CC(=O)N1CC(=O)N/C(=C/c2ccc(N(C)C)cc2)C1=O. The minimum atomic E-state index is -0.487. The zero-order chi connectivity index (χ0) is 15.6. The van der Waals surface area contributed by atoms with Gasteiger partial charge in [-0.15, -0.1) is 0 Å². The summed E-state index contributed by atoms with van der Waals surface area (Å²) in [5.74, 6) is -1.30. The molecule has 6 nitrogen and oxygen atoms in total. The van der Waals surface area contributed by atoms with E-state index in [2.05, 4.69) is 5.32 Å². The smallest absolute Gasteiger partial charge is 0.277 e. The number of anilines is 1. The summed E-state index contributed by atoms with van der Waals surface area (Å²) in [5, 5.41) is 2.51. The van der Waals surface area contributed by atoms with Crippen molar-refractivity contribution in [2.75, 3.05) is 25.5 Å². The maximum Gasteiger partial charge on any atom is 0.277 e. The molecule has 0 atom stereocenters. The van der Waals surface area contributed by atoms with Crippen LogP contribution in [0.2, 0.25) is 0 Å². The number of nitrogens with zero attached hydrogens (tertiary/aromatic N) is 2. The van der Waals surface area contributed by atoms with E-state index in [1.54, 1.807) is 6.08 Å². The van der Waals surface area contributed by atoms with Crippen molar-refractivity contribution in [2.45, 2.75) is 6.92 Å². The van der Waals surface area contributed by atoms with Crippen LogP contribution < -0.4 is 10.2 Å². The Morgan fingerprint density at radius 2 is 1.86 bits per heavy atom. The minimum Gasteiger partial charge on any atom is -0.378 e. The van der Waals surface area contributed by atoms with Gasteiger partial charge in [-0.05, 0) is 23.8 Å². The van der Waals surface area contributed by atoms with Crippen molar-refractivity contribution < 1.29 is 14.4 Å². The fourth-order valence-electron chi connectivity index (χ4n) is 1.99. The maximum atomic E-state index is 12.1. The molecule has 21 heavy (non-hydrogen) atoms. The molecule has 0 bridgehead atoms. The zero-order valence-corrected chi connectivity index (χ0v) is 12.2. The number of hydrogen-bond donors (Lipinski definition) is 1. The van der Waals surface area contributed by atoms with Crippen molar-refractivity contribution in [3.05, 3.63) is 35.5 Å². The van der Waals surface area contributed by atoms with Gasteiger partial charge >= 0.3 is 0 Å². The third-order valence-electron chi connectivity index (χ3n) is 3.15. The molecule has 0 radical (unpaired) electrons. The van der Waals surface area contributed by atoms with E-state index in [1.165, 1.54) is 6.92 Å². The Kier molecular flexibility index (Phi) is 4.07. The highest BCUT2D eigenvalue weighted by Crippen LogP contribution is 2.16. The Morgan fingerprint density at radius 3 is 2.38 bits per heavy atom. The summed E-state index contributed by atoms with van der Waals surface area (Å²) in [5.41, 5.74) is 1.91. The van der Waals surface area contributed by atoms with Crippen LogP contribution in [0.4, 0.5) is 5.69 Å². The fraction of sp³-hybridized carbons (Fsp3) is 0.267. The van der Waals surface area contributed by atoms with Gasteiger partial charge in [0.2, 0.25) is 11.8 Å². The van der Waals surface area contributed by atoms with E-state index in [0.29, 0.717) is 0 Å². The van der Waals surface area contributed by atoms with E-state index in [-0.39, 0.29) is 18.1 Å². The lowest BCUT2D eigenvalue weighted by atomic mass is 10.1. The van der Waals surface area contributed by atoms with Crippen LogP contribution in [0.1, 0.15) is 12.5 Å². The lowest BCUT2D eigenvalue weighted by molar-refractivity contribution is -0.147. The summed E-state index contributed by atoms with van der Waals surface area (Å²) < 4.78 is 0. The first-order valence-corrected chi connectivity index (χ1v) is 6.50. The first-order chi connectivity index (χ1) is 9.88. The molecule has 0 aromatic heterocycles. The Hall–Kier alpha value is -2.63. The lowest BCUT2D eigenvalue weighted by Gasteiger charge is -2.25. The molecule has 0 aliphatic carbocycles. The van der Waals surface area contributed by atoms with Gasteiger partial charge in [0.25, 0.3) is 5.91 Å². The molecule has 0 saturated carbocycles. The fourth-order valence-corrected chi connectivity index (χ4v) is 1.99. The predicted octanol–water partition coefficient (Wildman–Crippen LogP) is 0.598. The van der Waals surface area contributed by atoms with Gasteiger partial charge in [-0.25, -0.2) is 0 Å². The quantitative estimate of drug-likeness (QED) is 0.809. The van der Waals surface area contributed by atoms with Crippen molar-refractivity contribution in [1.29, 1.82) is 0 Å². The topological polar surface area (TPSA) is 69.7 Å². The summed E-state index contributed by atoms with van der Waals surface area (Å²) >= 11 is 0. The number of benzene rings is 1. The zero-order valence-electron chi connectivity index (χ0n) is 12.2. The van der Waals surface area contributed by atoms with E-state index in [1.807, 2.05) is 43.3 Å². The van der Waals surface area contributed by atoms with Crippen LogP contribution in [0.3, 0.4) is 0 Å². The summed E-state index contributed by atoms with van der Waals surface area (Å²) in [6, 6.07) is 7.50. The van der Waals surface area contributed by atoms with Crippen molar-refractivity contribution in [3.63, 3.8) is 0 Å². The van der Waals surface area contributed by atoms with Crippen LogP contribution in [-0.2, 0) is 14.4 Å². The van der Waals surface area contributed by atoms with E-state index in [9.17, 15) is 14.4 Å².